The number of hydrogen-bond acceptors (Lipinski definition) is 3. The minimum absolute atomic E-state index is 0.186. The van der Waals surface area contributed by atoms with Gasteiger partial charge in [-0.2, -0.15) is 4.39 Å². The fourth-order valence-electron chi connectivity index (χ4n) is 3.52. The molecule has 1 fully saturated rings. The quantitative estimate of drug-likeness (QED) is 0.862. The van der Waals surface area contributed by atoms with Crippen LogP contribution in [0.3, 0.4) is 0 Å². The van der Waals surface area contributed by atoms with Crippen molar-refractivity contribution in [2.75, 3.05) is 6.61 Å². The first-order valence-electron chi connectivity index (χ1n) is 7.96. The Morgan fingerprint density at radius 3 is 3.00 bits per heavy atom. The molecule has 1 saturated heterocycles. The molecule has 1 atom stereocenters. The third-order valence-electron chi connectivity index (χ3n) is 4.61. The molecule has 1 aromatic heterocycles. The molecular weight excluding hydrogens is 283 g/mol. The molecule has 2 heterocycles. The summed E-state index contributed by atoms with van der Waals surface area (Å²) in [5.41, 5.74) is 2.36. The van der Waals surface area contributed by atoms with E-state index >= 15 is 0 Å². The van der Waals surface area contributed by atoms with Crippen LogP contribution in [0.2, 0.25) is 0 Å². The van der Waals surface area contributed by atoms with Crippen molar-refractivity contribution in [1.29, 1.82) is 0 Å². The smallest absolute Gasteiger partial charge is 0.240 e. The minimum atomic E-state index is -0.462. The number of fused-ring (bicyclic) bond motifs is 3. The standard InChI is InChI=1S/C17H19FN2O2/c18-17-16-12-5-1-2-6-14(21)11(12)8-9-13(16)20(19-17)15-7-3-4-10-22-15/h6,8-9,15,21H,1-5,7,10H2. The van der Waals surface area contributed by atoms with Gasteiger partial charge in [0.1, 0.15) is 5.76 Å². The van der Waals surface area contributed by atoms with Crippen LogP contribution in [0.4, 0.5) is 4.39 Å². The molecule has 1 unspecified atom stereocenters. The molecule has 1 N–H and O–H groups in total. The summed E-state index contributed by atoms with van der Waals surface area (Å²) in [5, 5.41) is 14.8. The van der Waals surface area contributed by atoms with Crippen LogP contribution in [-0.4, -0.2) is 21.5 Å². The molecule has 2 aliphatic rings. The largest absolute Gasteiger partial charge is 0.508 e. The van der Waals surface area contributed by atoms with Crippen molar-refractivity contribution < 1.29 is 14.2 Å². The van der Waals surface area contributed by atoms with E-state index in [4.69, 9.17) is 4.74 Å². The number of rotatable bonds is 1. The molecular formula is C17H19FN2O2. The highest BCUT2D eigenvalue weighted by atomic mass is 19.1. The predicted molar refractivity (Wildman–Crippen MR) is 82.1 cm³/mol. The summed E-state index contributed by atoms with van der Waals surface area (Å²) >= 11 is 0. The van der Waals surface area contributed by atoms with Gasteiger partial charge in [-0.05, 0) is 62.3 Å². The molecule has 116 valence electrons. The second-order valence-electron chi connectivity index (χ2n) is 6.02. The summed E-state index contributed by atoms with van der Waals surface area (Å²) in [6, 6.07) is 3.72. The molecule has 4 nitrogen and oxygen atoms in total. The van der Waals surface area contributed by atoms with Crippen molar-refractivity contribution in [3.8, 4) is 0 Å². The number of aliphatic hydroxyl groups excluding tert-OH is 1. The monoisotopic (exact) mass is 302 g/mol. The van der Waals surface area contributed by atoms with Crippen LogP contribution in [0.25, 0.3) is 16.7 Å². The summed E-state index contributed by atoms with van der Waals surface area (Å²) in [4.78, 5) is 0. The molecule has 1 aromatic carbocycles. The number of ether oxygens (including phenoxy) is 1. The number of aliphatic hydroxyl groups is 1. The molecule has 0 bridgehead atoms. The van der Waals surface area contributed by atoms with Crippen molar-refractivity contribution in [3.05, 3.63) is 35.3 Å². The van der Waals surface area contributed by atoms with Gasteiger partial charge in [0.2, 0.25) is 5.95 Å². The lowest BCUT2D eigenvalue weighted by atomic mass is 9.99. The zero-order valence-corrected chi connectivity index (χ0v) is 12.4. The van der Waals surface area contributed by atoms with Gasteiger partial charge < -0.3 is 9.84 Å². The zero-order chi connectivity index (χ0) is 15.1. The minimum Gasteiger partial charge on any atom is -0.508 e. The Balaban J connectivity index is 1.89. The van der Waals surface area contributed by atoms with Crippen LogP contribution < -0.4 is 0 Å². The summed E-state index contributed by atoms with van der Waals surface area (Å²) in [7, 11) is 0. The third-order valence-corrected chi connectivity index (χ3v) is 4.61. The Labute approximate surface area is 128 Å². The first-order chi connectivity index (χ1) is 10.8. The molecule has 1 aliphatic heterocycles. The van der Waals surface area contributed by atoms with E-state index in [1.54, 1.807) is 4.68 Å². The first kappa shape index (κ1) is 13.8. The van der Waals surface area contributed by atoms with Gasteiger partial charge in [0, 0.05) is 12.2 Å². The second-order valence-corrected chi connectivity index (χ2v) is 6.02. The van der Waals surface area contributed by atoms with Crippen LogP contribution in [0.5, 0.6) is 0 Å². The lowest BCUT2D eigenvalue weighted by Crippen LogP contribution is -2.19. The number of hydrogen-bond donors (Lipinski definition) is 1. The molecule has 0 amide bonds. The van der Waals surface area contributed by atoms with Crippen molar-refractivity contribution in [2.45, 2.75) is 44.8 Å². The Hall–Kier alpha value is -1.88. The molecule has 2 aromatic rings. The molecule has 4 rings (SSSR count). The number of aromatic nitrogens is 2. The Morgan fingerprint density at radius 1 is 1.27 bits per heavy atom. The van der Waals surface area contributed by atoms with Crippen molar-refractivity contribution >= 4 is 16.7 Å². The number of allylic oxidation sites excluding steroid dienone is 1. The molecule has 5 heteroatoms. The number of aryl methyl sites for hydroxylation is 1. The average molecular weight is 302 g/mol. The van der Waals surface area contributed by atoms with E-state index in [2.05, 4.69) is 5.10 Å². The highest BCUT2D eigenvalue weighted by molar-refractivity contribution is 5.88. The highest BCUT2D eigenvalue weighted by Gasteiger charge is 2.24. The van der Waals surface area contributed by atoms with Gasteiger partial charge in [-0.15, -0.1) is 5.10 Å². The van der Waals surface area contributed by atoms with Gasteiger partial charge >= 0.3 is 0 Å². The topological polar surface area (TPSA) is 47.3 Å². The molecule has 22 heavy (non-hydrogen) atoms. The fraction of sp³-hybridized carbons (Fsp3) is 0.471. The number of halogens is 1. The van der Waals surface area contributed by atoms with E-state index < -0.39 is 5.95 Å². The maximum Gasteiger partial charge on any atom is 0.240 e. The summed E-state index contributed by atoms with van der Waals surface area (Å²) in [5.74, 6) is -0.216. The summed E-state index contributed by atoms with van der Waals surface area (Å²) in [6.45, 7) is 0.697. The van der Waals surface area contributed by atoms with E-state index in [9.17, 15) is 9.50 Å². The fourth-order valence-corrected chi connectivity index (χ4v) is 3.52. The second kappa shape index (κ2) is 5.39. The van der Waals surface area contributed by atoms with Crippen molar-refractivity contribution in [1.82, 2.24) is 9.78 Å². The van der Waals surface area contributed by atoms with E-state index in [-0.39, 0.29) is 12.0 Å². The van der Waals surface area contributed by atoms with Crippen LogP contribution in [0.15, 0.2) is 18.2 Å². The zero-order valence-electron chi connectivity index (χ0n) is 12.4. The average Bonchev–Trinajstić information content (AvgIpc) is 2.77. The van der Waals surface area contributed by atoms with Crippen molar-refractivity contribution in [3.63, 3.8) is 0 Å². The number of nitrogens with zero attached hydrogens (tertiary/aromatic N) is 2. The Morgan fingerprint density at radius 2 is 2.18 bits per heavy atom. The maximum absolute atomic E-state index is 14.5. The maximum atomic E-state index is 14.5. The van der Waals surface area contributed by atoms with Gasteiger partial charge in [-0.25, -0.2) is 4.68 Å². The third kappa shape index (κ3) is 2.11. The van der Waals surface area contributed by atoms with Gasteiger partial charge in [-0.1, -0.05) is 0 Å². The van der Waals surface area contributed by atoms with E-state index in [1.807, 2.05) is 18.2 Å². The lowest BCUT2D eigenvalue weighted by Gasteiger charge is -2.23. The SMILES string of the molecule is OC1=CCCCc2c1ccc1c2c(F)nn1C1CCCCO1. The van der Waals surface area contributed by atoms with Gasteiger partial charge in [0.05, 0.1) is 10.9 Å². The lowest BCUT2D eigenvalue weighted by molar-refractivity contribution is -0.0375. The van der Waals surface area contributed by atoms with E-state index in [1.165, 1.54) is 0 Å². The van der Waals surface area contributed by atoms with Gasteiger partial charge in [-0.3, -0.25) is 0 Å². The predicted octanol–water partition coefficient (Wildman–Crippen LogP) is 4.11. The van der Waals surface area contributed by atoms with Crippen LogP contribution in [0.1, 0.15) is 49.5 Å². The summed E-state index contributed by atoms with van der Waals surface area (Å²) < 4.78 is 21.9. The molecule has 0 radical (unpaired) electrons. The van der Waals surface area contributed by atoms with Gasteiger partial charge in [0.15, 0.2) is 6.23 Å². The summed E-state index contributed by atoms with van der Waals surface area (Å²) in [6.07, 6.45) is 7.07. The highest BCUT2D eigenvalue weighted by Crippen LogP contribution is 2.34. The van der Waals surface area contributed by atoms with E-state index in [0.29, 0.717) is 12.0 Å². The van der Waals surface area contributed by atoms with E-state index in [0.717, 1.165) is 55.2 Å². The molecule has 1 aliphatic carbocycles. The molecule has 0 saturated carbocycles. The van der Waals surface area contributed by atoms with Crippen molar-refractivity contribution in [2.24, 2.45) is 0 Å². The van der Waals surface area contributed by atoms with Gasteiger partial charge in [0.25, 0.3) is 0 Å². The Kier molecular flexibility index (Phi) is 3.37. The first-order valence-corrected chi connectivity index (χ1v) is 7.96. The molecule has 0 spiro atoms. The van der Waals surface area contributed by atoms with Crippen LogP contribution in [-0.2, 0) is 11.2 Å². The Bertz CT molecular complexity index is 745. The van der Waals surface area contributed by atoms with Crippen LogP contribution in [0, 0.1) is 5.95 Å². The normalized spacial score (nSPS) is 22.2. The van der Waals surface area contributed by atoms with Crippen LogP contribution >= 0.6 is 0 Å². The number of benzene rings is 1.